The van der Waals surface area contributed by atoms with Gasteiger partial charge in [-0.25, -0.2) is 0 Å². The van der Waals surface area contributed by atoms with Crippen LogP contribution in [0.4, 0.5) is 0 Å². The summed E-state index contributed by atoms with van der Waals surface area (Å²) in [5.74, 6) is 2.50. The lowest BCUT2D eigenvalue weighted by atomic mass is 9.99. The van der Waals surface area contributed by atoms with E-state index in [1.54, 1.807) is 0 Å². The summed E-state index contributed by atoms with van der Waals surface area (Å²) in [6.45, 7) is 16.4. The number of nitrogens with one attached hydrogen (secondary N) is 2. The highest BCUT2D eigenvalue weighted by atomic mass is 15.2. The Bertz CT molecular complexity index is 397. The quantitative estimate of drug-likeness (QED) is 0.383. The van der Waals surface area contributed by atoms with Crippen LogP contribution >= 0.6 is 0 Å². The van der Waals surface area contributed by atoms with Crippen molar-refractivity contribution in [1.29, 1.82) is 0 Å². The normalized spacial score (nSPS) is 23.2. The molecule has 2 heterocycles. The molecule has 2 rings (SSSR count). The van der Waals surface area contributed by atoms with E-state index >= 15 is 0 Å². The third-order valence-corrected chi connectivity index (χ3v) is 5.83. The Balaban J connectivity index is 1.53. The number of rotatable bonds is 8. The van der Waals surface area contributed by atoms with Crippen LogP contribution in [0.25, 0.3) is 0 Å². The van der Waals surface area contributed by atoms with E-state index in [0.717, 1.165) is 25.0 Å². The Morgan fingerprint density at radius 3 is 2.38 bits per heavy atom. The zero-order valence-corrected chi connectivity index (χ0v) is 17.6. The van der Waals surface area contributed by atoms with Crippen LogP contribution in [0.2, 0.25) is 0 Å². The van der Waals surface area contributed by atoms with Gasteiger partial charge in [0.25, 0.3) is 0 Å². The van der Waals surface area contributed by atoms with Crippen LogP contribution in [0.1, 0.15) is 33.1 Å². The summed E-state index contributed by atoms with van der Waals surface area (Å²) >= 11 is 0. The van der Waals surface area contributed by atoms with Crippen LogP contribution in [0.15, 0.2) is 4.99 Å². The van der Waals surface area contributed by atoms with Crippen molar-refractivity contribution in [3.63, 3.8) is 0 Å². The number of hydrogen-bond donors (Lipinski definition) is 2. The van der Waals surface area contributed by atoms with Crippen molar-refractivity contribution in [2.24, 2.45) is 16.8 Å². The van der Waals surface area contributed by atoms with Crippen LogP contribution in [0.5, 0.6) is 0 Å². The molecule has 0 aromatic carbocycles. The van der Waals surface area contributed by atoms with E-state index in [9.17, 15) is 0 Å². The van der Waals surface area contributed by atoms with Gasteiger partial charge in [0.2, 0.25) is 0 Å². The van der Waals surface area contributed by atoms with Gasteiger partial charge in [0, 0.05) is 52.9 Å². The molecule has 1 atom stereocenters. The molecule has 2 N–H and O–H groups in total. The first-order chi connectivity index (χ1) is 12.6. The van der Waals surface area contributed by atoms with Crippen molar-refractivity contribution in [3.8, 4) is 0 Å². The minimum Gasteiger partial charge on any atom is -0.356 e. The van der Waals surface area contributed by atoms with Gasteiger partial charge in [0.05, 0.1) is 0 Å². The summed E-state index contributed by atoms with van der Waals surface area (Å²) in [5, 5.41) is 6.97. The van der Waals surface area contributed by atoms with Gasteiger partial charge in [-0.3, -0.25) is 4.99 Å². The molecule has 0 aromatic rings. The van der Waals surface area contributed by atoms with Gasteiger partial charge in [-0.05, 0) is 57.8 Å². The van der Waals surface area contributed by atoms with Crippen molar-refractivity contribution in [1.82, 2.24) is 25.3 Å². The fourth-order valence-corrected chi connectivity index (χ4v) is 3.82. The van der Waals surface area contributed by atoms with E-state index in [0.29, 0.717) is 5.92 Å². The molecule has 6 heteroatoms. The zero-order valence-electron chi connectivity index (χ0n) is 17.6. The lowest BCUT2D eigenvalue weighted by Crippen LogP contribution is -2.47. The maximum atomic E-state index is 4.37. The number of hydrogen-bond acceptors (Lipinski definition) is 4. The summed E-state index contributed by atoms with van der Waals surface area (Å²) in [7, 11) is 4.08. The highest BCUT2D eigenvalue weighted by Gasteiger charge is 2.16. The standard InChI is InChI=1S/C20H42N6/c1-18-6-10-25(11-7-18)9-5-8-22-20(21-3)23-16-19(2)17-26-14-12-24(4)13-15-26/h18-19H,5-17H2,1-4H3,(H2,21,22,23). The molecule has 2 fully saturated rings. The predicted molar refractivity (Wildman–Crippen MR) is 112 cm³/mol. The Kier molecular flexibility index (Phi) is 9.72. The number of piperazine rings is 1. The molecule has 0 saturated carbocycles. The molecule has 0 radical (unpaired) electrons. The Labute approximate surface area is 161 Å². The number of likely N-dealkylation sites (tertiary alicyclic amines) is 1. The number of guanidine groups is 1. The molecule has 152 valence electrons. The van der Waals surface area contributed by atoms with E-state index in [1.165, 1.54) is 71.6 Å². The van der Waals surface area contributed by atoms with Gasteiger partial charge in [-0.2, -0.15) is 0 Å². The third-order valence-electron chi connectivity index (χ3n) is 5.83. The summed E-state index contributed by atoms with van der Waals surface area (Å²) in [4.78, 5) is 12.0. The molecular formula is C20H42N6. The first kappa shape index (κ1) is 21.5. The van der Waals surface area contributed by atoms with E-state index in [4.69, 9.17) is 0 Å². The highest BCUT2D eigenvalue weighted by molar-refractivity contribution is 5.79. The fraction of sp³-hybridized carbons (Fsp3) is 0.950. The van der Waals surface area contributed by atoms with Gasteiger partial charge >= 0.3 is 0 Å². The minimum atomic E-state index is 0.632. The molecule has 0 bridgehead atoms. The van der Waals surface area contributed by atoms with Crippen LogP contribution in [0, 0.1) is 11.8 Å². The first-order valence-electron chi connectivity index (χ1n) is 10.6. The monoisotopic (exact) mass is 366 g/mol. The van der Waals surface area contributed by atoms with E-state index in [1.807, 2.05) is 7.05 Å². The summed E-state index contributed by atoms with van der Waals surface area (Å²) in [6.07, 6.45) is 3.91. The van der Waals surface area contributed by atoms with E-state index < -0.39 is 0 Å². The van der Waals surface area contributed by atoms with E-state index in [2.05, 4.69) is 51.2 Å². The fourth-order valence-electron chi connectivity index (χ4n) is 3.82. The molecular weight excluding hydrogens is 324 g/mol. The molecule has 0 spiro atoms. The Hall–Kier alpha value is -0.850. The molecule has 2 aliphatic heterocycles. The van der Waals surface area contributed by atoms with Gasteiger partial charge in [0.15, 0.2) is 5.96 Å². The minimum absolute atomic E-state index is 0.632. The van der Waals surface area contributed by atoms with Gasteiger partial charge in [0.1, 0.15) is 0 Å². The topological polar surface area (TPSA) is 46.1 Å². The summed E-state index contributed by atoms with van der Waals surface area (Å²) in [6, 6.07) is 0. The molecule has 2 saturated heterocycles. The lowest BCUT2D eigenvalue weighted by Gasteiger charge is -2.34. The van der Waals surface area contributed by atoms with Gasteiger partial charge < -0.3 is 25.3 Å². The second kappa shape index (κ2) is 11.8. The highest BCUT2D eigenvalue weighted by Crippen LogP contribution is 2.15. The number of piperidine rings is 1. The second-order valence-electron chi connectivity index (χ2n) is 8.47. The van der Waals surface area contributed by atoms with Crippen LogP contribution in [-0.4, -0.2) is 100 Å². The second-order valence-corrected chi connectivity index (χ2v) is 8.47. The van der Waals surface area contributed by atoms with E-state index in [-0.39, 0.29) is 0 Å². The van der Waals surface area contributed by atoms with Crippen molar-refractivity contribution in [2.75, 3.05) is 79.5 Å². The molecule has 2 aliphatic rings. The molecule has 26 heavy (non-hydrogen) atoms. The van der Waals surface area contributed by atoms with Crippen molar-refractivity contribution >= 4 is 5.96 Å². The third kappa shape index (κ3) is 8.23. The van der Waals surface area contributed by atoms with Crippen LogP contribution in [-0.2, 0) is 0 Å². The number of nitrogens with zero attached hydrogens (tertiary/aromatic N) is 4. The van der Waals surface area contributed by atoms with Gasteiger partial charge in [-0.15, -0.1) is 0 Å². The average Bonchev–Trinajstić information content (AvgIpc) is 2.64. The molecule has 1 unspecified atom stereocenters. The van der Waals surface area contributed by atoms with Crippen molar-refractivity contribution in [2.45, 2.75) is 33.1 Å². The molecule has 6 nitrogen and oxygen atoms in total. The predicted octanol–water partition coefficient (Wildman–Crippen LogP) is 1.16. The first-order valence-corrected chi connectivity index (χ1v) is 10.6. The number of likely N-dealkylation sites (N-methyl/N-ethyl adjacent to an activating group) is 1. The van der Waals surface area contributed by atoms with Crippen molar-refractivity contribution < 1.29 is 0 Å². The average molecular weight is 367 g/mol. The largest absolute Gasteiger partial charge is 0.356 e. The van der Waals surface area contributed by atoms with Crippen molar-refractivity contribution in [3.05, 3.63) is 0 Å². The maximum absolute atomic E-state index is 4.37. The van der Waals surface area contributed by atoms with Crippen LogP contribution < -0.4 is 10.6 Å². The van der Waals surface area contributed by atoms with Crippen LogP contribution in [0.3, 0.4) is 0 Å². The zero-order chi connectivity index (χ0) is 18.8. The SMILES string of the molecule is CN=C(NCCCN1CCC(C)CC1)NCC(C)CN1CCN(C)CC1. The summed E-state index contributed by atoms with van der Waals surface area (Å²) in [5.41, 5.74) is 0. The number of aliphatic imine (C=N–C) groups is 1. The lowest BCUT2D eigenvalue weighted by molar-refractivity contribution is 0.139. The molecule has 0 aromatic heterocycles. The smallest absolute Gasteiger partial charge is 0.190 e. The Morgan fingerprint density at radius 1 is 1.04 bits per heavy atom. The summed E-state index contributed by atoms with van der Waals surface area (Å²) < 4.78 is 0. The molecule has 0 aliphatic carbocycles. The van der Waals surface area contributed by atoms with Gasteiger partial charge in [-0.1, -0.05) is 13.8 Å². The molecule has 0 amide bonds. The Morgan fingerprint density at radius 2 is 1.73 bits per heavy atom. The maximum Gasteiger partial charge on any atom is 0.190 e.